The summed E-state index contributed by atoms with van der Waals surface area (Å²) in [6.45, 7) is 1.19. The molecule has 0 bridgehead atoms. The van der Waals surface area contributed by atoms with E-state index in [1.807, 2.05) is 0 Å². The highest BCUT2D eigenvalue weighted by Crippen LogP contribution is 2.33. The lowest BCUT2D eigenvalue weighted by atomic mass is 10.1. The number of benzene rings is 1. The highest BCUT2D eigenvalue weighted by Gasteiger charge is 2.43. The van der Waals surface area contributed by atoms with E-state index in [9.17, 15) is 17.2 Å². The van der Waals surface area contributed by atoms with Crippen LogP contribution < -0.4 is 4.72 Å². The molecule has 23 heavy (non-hydrogen) atoms. The number of nitrogens with one attached hydrogen (secondary N) is 1. The van der Waals surface area contributed by atoms with Crippen LogP contribution in [0.4, 0.5) is 8.78 Å². The van der Waals surface area contributed by atoms with Gasteiger partial charge in [-0.2, -0.15) is 0 Å². The molecular weight excluding hydrogens is 332 g/mol. The van der Waals surface area contributed by atoms with Crippen molar-refractivity contribution in [2.75, 3.05) is 26.4 Å². The third-order valence-electron chi connectivity index (χ3n) is 3.85. The van der Waals surface area contributed by atoms with Crippen molar-refractivity contribution < 1.29 is 31.4 Å². The second-order valence-corrected chi connectivity index (χ2v) is 7.24. The van der Waals surface area contributed by atoms with Gasteiger partial charge >= 0.3 is 0 Å². The molecule has 3 rings (SSSR count). The minimum absolute atomic E-state index is 0.0824. The van der Waals surface area contributed by atoms with E-state index in [2.05, 4.69) is 4.72 Å². The molecule has 1 aromatic rings. The lowest BCUT2D eigenvalue weighted by molar-refractivity contribution is -0.210. The fourth-order valence-electron chi connectivity index (χ4n) is 2.63. The Balaban J connectivity index is 1.63. The van der Waals surface area contributed by atoms with Crippen LogP contribution in [0.3, 0.4) is 0 Å². The van der Waals surface area contributed by atoms with E-state index in [-0.39, 0.29) is 13.2 Å². The van der Waals surface area contributed by atoms with E-state index >= 15 is 0 Å². The molecule has 2 aliphatic rings. The number of hydrogen-bond donors (Lipinski definition) is 1. The SMILES string of the molecule is O=S(=O)(NCC1COC2(CCOCC2)O1)c1cc(F)ccc1F. The quantitative estimate of drug-likeness (QED) is 0.883. The van der Waals surface area contributed by atoms with Gasteiger partial charge < -0.3 is 14.2 Å². The van der Waals surface area contributed by atoms with E-state index in [1.54, 1.807) is 0 Å². The molecule has 1 spiro atoms. The van der Waals surface area contributed by atoms with Crippen LogP contribution in [0.15, 0.2) is 23.1 Å². The standard InChI is InChI=1S/C14H17F2NO5S/c15-10-1-2-12(16)13(7-10)23(18,19)17-8-11-9-21-14(22-11)3-5-20-6-4-14/h1-2,7,11,17H,3-6,8-9H2. The second kappa shape index (κ2) is 6.40. The Morgan fingerprint density at radius 1 is 1.26 bits per heavy atom. The van der Waals surface area contributed by atoms with Gasteiger partial charge in [-0.25, -0.2) is 21.9 Å². The first-order chi connectivity index (χ1) is 10.9. The minimum atomic E-state index is -4.17. The van der Waals surface area contributed by atoms with Gasteiger partial charge in [0.05, 0.1) is 25.9 Å². The van der Waals surface area contributed by atoms with Gasteiger partial charge in [-0.1, -0.05) is 0 Å². The maximum Gasteiger partial charge on any atom is 0.243 e. The fourth-order valence-corrected chi connectivity index (χ4v) is 3.78. The number of halogens is 2. The summed E-state index contributed by atoms with van der Waals surface area (Å²) in [6.07, 6.45) is 0.670. The van der Waals surface area contributed by atoms with E-state index in [0.29, 0.717) is 32.1 Å². The third kappa shape index (κ3) is 3.69. The molecule has 0 radical (unpaired) electrons. The van der Waals surface area contributed by atoms with Gasteiger partial charge in [-0.3, -0.25) is 0 Å². The lowest BCUT2D eigenvalue weighted by Gasteiger charge is -2.31. The van der Waals surface area contributed by atoms with Gasteiger partial charge in [-0.15, -0.1) is 0 Å². The fraction of sp³-hybridized carbons (Fsp3) is 0.571. The molecule has 1 atom stereocenters. The monoisotopic (exact) mass is 349 g/mol. The molecule has 6 nitrogen and oxygen atoms in total. The number of ether oxygens (including phenoxy) is 3. The largest absolute Gasteiger partial charge is 0.381 e. The molecule has 0 saturated carbocycles. The zero-order chi connectivity index (χ0) is 16.5. The molecule has 0 aromatic heterocycles. The van der Waals surface area contributed by atoms with Crippen molar-refractivity contribution in [3.63, 3.8) is 0 Å². The maximum atomic E-state index is 13.6. The number of rotatable bonds is 4. The van der Waals surface area contributed by atoms with E-state index in [4.69, 9.17) is 14.2 Å². The van der Waals surface area contributed by atoms with Crippen molar-refractivity contribution in [3.8, 4) is 0 Å². The molecule has 0 aliphatic carbocycles. The second-order valence-electron chi connectivity index (χ2n) is 5.50. The van der Waals surface area contributed by atoms with Crippen LogP contribution in [-0.2, 0) is 24.2 Å². The summed E-state index contributed by atoms with van der Waals surface area (Å²) >= 11 is 0. The summed E-state index contributed by atoms with van der Waals surface area (Å²) in [4.78, 5) is -0.725. The molecule has 0 amide bonds. The van der Waals surface area contributed by atoms with Gasteiger partial charge in [0, 0.05) is 19.4 Å². The summed E-state index contributed by atoms with van der Waals surface area (Å²) < 4.78 is 69.8. The average Bonchev–Trinajstić information content (AvgIpc) is 2.91. The molecule has 2 saturated heterocycles. The Kier molecular flexibility index (Phi) is 4.65. The first-order valence-corrected chi connectivity index (χ1v) is 8.73. The lowest BCUT2D eigenvalue weighted by Crippen LogP contribution is -2.39. The topological polar surface area (TPSA) is 73.9 Å². The highest BCUT2D eigenvalue weighted by atomic mass is 32.2. The van der Waals surface area contributed by atoms with Crippen LogP contribution in [0.1, 0.15) is 12.8 Å². The van der Waals surface area contributed by atoms with Gasteiger partial charge in [0.15, 0.2) is 5.79 Å². The Morgan fingerprint density at radius 3 is 2.74 bits per heavy atom. The van der Waals surface area contributed by atoms with Gasteiger partial charge in [0.1, 0.15) is 16.5 Å². The normalized spacial score (nSPS) is 24.2. The summed E-state index contributed by atoms with van der Waals surface area (Å²) in [5, 5.41) is 0. The summed E-state index contributed by atoms with van der Waals surface area (Å²) in [5.41, 5.74) is 0. The van der Waals surface area contributed by atoms with E-state index in [1.165, 1.54) is 0 Å². The Labute approximate surface area is 132 Å². The molecule has 9 heteroatoms. The highest BCUT2D eigenvalue weighted by molar-refractivity contribution is 7.89. The van der Waals surface area contributed by atoms with Crippen molar-refractivity contribution in [2.24, 2.45) is 0 Å². The third-order valence-corrected chi connectivity index (χ3v) is 5.29. The van der Waals surface area contributed by atoms with Crippen LogP contribution in [-0.4, -0.2) is 46.7 Å². The Morgan fingerprint density at radius 2 is 2.00 bits per heavy atom. The molecule has 2 aliphatic heterocycles. The molecule has 1 N–H and O–H groups in total. The van der Waals surface area contributed by atoms with Crippen molar-refractivity contribution in [2.45, 2.75) is 29.6 Å². The molecule has 1 aromatic carbocycles. The van der Waals surface area contributed by atoms with E-state index < -0.39 is 38.4 Å². The van der Waals surface area contributed by atoms with Gasteiger partial charge in [-0.05, 0) is 18.2 Å². The molecule has 2 heterocycles. The predicted molar refractivity (Wildman–Crippen MR) is 75.2 cm³/mol. The first-order valence-electron chi connectivity index (χ1n) is 7.24. The smallest absolute Gasteiger partial charge is 0.243 e. The van der Waals surface area contributed by atoms with Gasteiger partial charge in [0.2, 0.25) is 10.0 Å². The molecule has 2 fully saturated rings. The molecular formula is C14H17F2NO5S. The van der Waals surface area contributed by atoms with Crippen LogP contribution in [0.25, 0.3) is 0 Å². The van der Waals surface area contributed by atoms with Crippen molar-refractivity contribution >= 4 is 10.0 Å². The summed E-state index contributed by atoms with van der Waals surface area (Å²) in [5.74, 6) is -2.56. The van der Waals surface area contributed by atoms with E-state index in [0.717, 1.165) is 12.1 Å². The van der Waals surface area contributed by atoms with Crippen LogP contribution in [0.2, 0.25) is 0 Å². The van der Waals surface area contributed by atoms with Crippen LogP contribution in [0.5, 0.6) is 0 Å². The van der Waals surface area contributed by atoms with Gasteiger partial charge in [0.25, 0.3) is 0 Å². The number of hydrogen-bond acceptors (Lipinski definition) is 5. The number of sulfonamides is 1. The zero-order valence-corrected chi connectivity index (χ0v) is 13.1. The molecule has 128 valence electrons. The van der Waals surface area contributed by atoms with Crippen molar-refractivity contribution in [1.82, 2.24) is 4.72 Å². The van der Waals surface area contributed by atoms with Crippen molar-refractivity contribution in [1.29, 1.82) is 0 Å². The average molecular weight is 349 g/mol. The maximum absolute atomic E-state index is 13.6. The minimum Gasteiger partial charge on any atom is -0.381 e. The van der Waals surface area contributed by atoms with Crippen molar-refractivity contribution in [3.05, 3.63) is 29.8 Å². The molecule has 1 unspecified atom stereocenters. The summed E-state index contributed by atoms with van der Waals surface area (Å²) in [7, 11) is -4.17. The Hall–Kier alpha value is -1.13. The van der Waals surface area contributed by atoms with Crippen LogP contribution >= 0.6 is 0 Å². The first kappa shape index (κ1) is 16.7. The van der Waals surface area contributed by atoms with Crippen LogP contribution in [0, 0.1) is 11.6 Å². The zero-order valence-electron chi connectivity index (χ0n) is 12.3. The summed E-state index contributed by atoms with van der Waals surface area (Å²) in [6, 6.07) is 2.27. The Bertz CT molecular complexity index is 676. The predicted octanol–water partition coefficient (Wildman–Crippen LogP) is 1.17.